The third-order valence-electron chi connectivity index (χ3n) is 3.46. The molecule has 1 aliphatic heterocycles. The zero-order valence-electron chi connectivity index (χ0n) is 9.63. The number of rotatable bonds is 5. The van der Waals surface area contributed by atoms with Gasteiger partial charge in [0.2, 0.25) is 0 Å². The molecule has 1 aliphatic carbocycles. The van der Waals surface area contributed by atoms with Crippen LogP contribution in [0.5, 0.6) is 0 Å². The van der Waals surface area contributed by atoms with Crippen LogP contribution in [0.2, 0.25) is 0 Å². The van der Waals surface area contributed by atoms with Crippen LogP contribution in [0.3, 0.4) is 0 Å². The maximum atomic E-state index is 5.35. The van der Waals surface area contributed by atoms with Gasteiger partial charge in [0.1, 0.15) is 0 Å². The molecule has 1 unspecified atom stereocenters. The maximum Gasteiger partial charge on any atom is 0.0507 e. The average Bonchev–Trinajstić information content (AvgIpc) is 2.79. The van der Waals surface area contributed by atoms with Crippen molar-refractivity contribution < 1.29 is 4.74 Å². The highest BCUT2D eigenvalue weighted by Gasteiger charge is 2.14. The molecule has 2 rings (SSSR count). The molecule has 0 amide bonds. The maximum absolute atomic E-state index is 5.35. The van der Waals surface area contributed by atoms with Crippen molar-refractivity contribution in [3.63, 3.8) is 0 Å². The number of hydrogen-bond acceptors (Lipinski definition) is 2. The van der Waals surface area contributed by atoms with Crippen molar-refractivity contribution in [2.45, 2.75) is 38.5 Å². The molecule has 0 saturated carbocycles. The molecule has 1 heterocycles. The molecule has 1 saturated heterocycles. The van der Waals surface area contributed by atoms with Crippen LogP contribution in [-0.4, -0.2) is 26.3 Å². The van der Waals surface area contributed by atoms with Gasteiger partial charge in [-0.2, -0.15) is 0 Å². The lowest BCUT2D eigenvalue weighted by Crippen LogP contribution is -2.24. The second-order valence-electron chi connectivity index (χ2n) is 4.79. The molecule has 86 valence electrons. The van der Waals surface area contributed by atoms with E-state index in [1.54, 1.807) is 5.57 Å². The summed E-state index contributed by atoms with van der Waals surface area (Å²) in [5.41, 5.74) is 1.68. The fourth-order valence-electron chi connectivity index (χ4n) is 2.43. The molecule has 0 radical (unpaired) electrons. The molecule has 0 aromatic rings. The summed E-state index contributed by atoms with van der Waals surface area (Å²) in [6.45, 7) is 4.24. The van der Waals surface area contributed by atoms with Crippen molar-refractivity contribution >= 4 is 0 Å². The highest BCUT2D eigenvalue weighted by Crippen LogP contribution is 2.19. The van der Waals surface area contributed by atoms with Gasteiger partial charge in [0.15, 0.2) is 0 Å². The minimum atomic E-state index is 0.769. The van der Waals surface area contributed by atoms with Crippen LogP contribution >= 0.6 is 0 Å². The molecule has 15 heavy (non-hydrogen) atoms. The van der Waals surface area contributed by atoms with E-state index in [1.165, 1.54) is 38.5 Å². The minimum absolute atomic E-state index is 0.769. The van der Waals surface area contributed by atoms with Crippen LogP contribution in [0.15, 0.2) is 11.6 Å². The van der Waals surface area contributed by atoms with E-state index in [2.05, 4.69) is 11.4 Å². The summed E-state index contributed by atoms with van der Waals surface area (Å²) in [5.74, 6) is 0.769. The van der Waals surface area contributed by atoms with Gasteiger partial charge in [-0.15, -0.1) is 0 Å². The summed E-state index contributed by atoms with van der Waals surface area (Å²) in [6.07, 6.45) is 10.4. The Morgan fingerprint density at radius 1 is 1.40 bits per heavy atom. The van der Waals surface area contributed by atoms with Gasteiger partial charge in [-0.25, -0.2) is 0 Å². The number of hydrogen-bond donors (Lipinski definition) is 1. The quantitative estimate of drug-likeness (QED) is 0.555. The Morgan fingerprint density at radius 3 is 3.13 bits per heavy atom. The molecule has 1 fully saturated rings. The van der Waals surface area contributed by atoms with Gasteiger partial charge in [0, 0.05) is 13.2 Å². The Labute approximate surface area is 93.1 Å². The first-order valence-corrected chi connectivity index (χ1v) is 6.41. The molecular formula is C13H23NO. The van der Waals surface area contributed by atoms with Crippen molar-refractivity contribution in [1.82, 2.24) is 5.32 Å². The van der Waals surface area contributed by atoms with Crippen LogP contribution in [0, 0.1) is 5.92 Å². The molecular weight excluding hydrogens is 186 g/mol. The highest BCUT2D eigenvalue weighted by molar-refractivity contribution is 5.05. The zero-order chi connectivity index (χ0) is 10.3. The molecule has 0 spiro atoms. The number of nitrogens with one attached hydrogen (secondary N) is 1. The van der Waals surface area contributed by atoms with E-state index in [-0.39, 0.29) is 0 Å². The van der Waals surface area contributed by atoms with E-state index in [9.17, 15) is 0 Å². The molecule has 1 atom stereocenters. The topological polar surface area (TPSA) is 21.3 Å². The second-order valence-corrected chi connectivity index (χ2v) is 4.79. The van der Waals surface area contributed by atoms with E-state index in [1.807, 2.05) is 0 Å². The third-order valence-corrected chi connectivity index (χ3v) is 3.46. The van der Waals surface area contributed by atoms with Crippen LogP contribution in [0.1, 0.15) is 38.5 Å². The zero-order valence-corrected chi connectivity index (χ0v) is 9.63. The first kappa shape index (κ1) is 11.2. The molecule has 2 nitrogen and oxygen atoms in total. The van der Waals surface area contributed by atoms with E-state index >= 15 is 0 Å². The van der Waals surface area contributed by atoms with Gasteiger partial charge < -0.3 is 10.1 Å². The van der Waals surface area contributed by atoms with Crippen LogP contribution < -0.4 is 5.32 Å². The lowest BCUT2D eigenvalue weighted by molar-refractivity contribution is 0.185. The van der Waals surface area contributed by atoms with Gasteiger partial charge in [0.05, 0.1) is 6.61 Å². The van der Waals surface area contributed by atoms with E-state index in [0.29, 0.717) is 0 Å². The SMILES string of the molecule is C1=C(CCNCC2CCOC2)CCCC1. The summed E-state index contributed by atoms with van der Waals surface area (Å²) in [4.78, 5) is 0. The van der Waals surface area contributed by atoms with Gasteiger partial charge in [-0.3, -0.25) is 0 Å². The highest BCUT2D eigenvalue weighted by atomic mass is 16.5. The normalized spacial score (nSPS) is 26.7. The van der Waals surface area contributed by atoms with Crippen molar-refractivity contribution in [2.24, 2.45) is 5.92 Å². The molecule has 0 aromatic heterocycles. The lowest BCUT2D eigenvalue weighted by Gasteiger charge is -2.14. The van der Waals surface area contributed by atoms with E-state index < -0.39 is 0 Å². The van der Waals surface area contributed by atoms with Crippen LogP contribution in [0.25, 0.3) is 0 Å². The summed E-state index contributed by atoms with van der Waals surface area (Å²) < 4.78 is 5.35. The molecule has 0 bridgehead atoms. The number of ether oxygens (including phenoxy) is 1. The fourth-order valence-corrected chi connectivity index (χ4v) is 2.43. The fraction of sp³-hybridized carbons (Fsp3) is 0.846. The lowest BCUT2D eigenvalue weighted by atomic mass is 9.97. The Kier molecular flexibility index (Phi) is 4.68. The standard InChI is InChI=1S/C13H23NO/c1-2-4-12(5-3-1)6-8-14-10-13-7-9-15-11-13/h4,13-14H,1-3,5-11H2. The predicted molar refractivity (Wildman–Crippen MR) is 63.0 cm³/mol. The smallest absolute Gasteiger partial charge is 0.0507 e. The van der Waals surface area contributed by atoms with Crippen molar-refractivity contribution in [1.29, 1.82) is 0 Å². The molecule has 2 aliphatic rings. The summed E-state index contributed by atoms with van der Waals surface area (Å²) in [7, 11) is 0. The Balaban J connectivity index is 1.52. The summed E-state index contributed by atoms with van der Waals surface area (Å²) in [5, 5.41) is 3.55. The van der Waals surface area contributed by atoms with Gasteiger partial charge in [-0.05, 0) is 51.0 Å². The summed E-state index contributed by atoms with van der Waals surface area (Å²) in [6, 6.07) is 0. The largest absolute Gasteiger partial charge is 0.381 e. The van der Waals surface area contributed by atoms with Crippen LogP contribution in [0.4, 0.5) is 0 Å². The molecule has 2 heteroatoms. The first-order valence-electron chi connectivity index (χ1n) is 6.41. The third kappa shape index (κ3) is 3.96. The predicted octanol–water partition coefficient (Wildman–Crippen LogP) is 2.50. The Bertz CT molecular complexity index is 207. The first-order chi connectivity index (χ1) is 7.45. The molecule has 0 aromatic carbocycles. The van der Waals surface area contributed by atoms with Gasteiger partial charge in [-0.1, -0.05) is 11.6 Å². The Hall–Kier alpha value is -0.340. The van der Waals surface area contributed by atoms with Crippen molar-refractivity contribution in [3.05, 3.63) is 11.6 Å². The van der Waals surface area contributed by atoms with Crippen LogP contribution in [-0.2, 0) is 4.74 Å². The van der Waals surface area contributed by atoms with E-state index in [0.717, 1.165) is 32.2 Å². The van der Waals surface area contributed by atoms with Gasteiger partial charge >= 0.3 is 0 Å². The minimum Gasteiger partial charge on any atom is -0.381 e. The average molecular weight is 209 g/mol. The second kappa shape index (κ2) is 6.29. The number of allylic oxidation sites excluding steroid dienone is 1. The van der Waals surface area contributed by atoms with Gasteiger partial charge in [0.25, 0.3) is 0 Å². The molecule has 1 N–H and O–H groups in total. The Morgan fingerprint density at radius 2 is 2.40 bits per heavy atom. The monoisotopic (exact) mass is 209 g/mol. The van der Waals surface area contributed by atoms with E-state index in [4.69, 9.17) is 4.74 Å². The van der Waals surface area contributed by atoms with Crippen molar-refractivity contribution in [3.8, 4) is 0 Å². The summed E-state index contributed by atoms with van der Waals surface area (Å²) >= 11 is 0. The van der Waals surface area contributed by atoms with Crippen molar-refractivity contribution in [2.75, 3.05) is 26.3 Å².